The standard InChI is InChI=1S/C12H10ClP.Al.3ClH/c13-14(11-7-3-1-4-8-11)12-9-5-2-6-10-12;;;;/h1-10H;;3*1H/q;+3;;;/p-3. The maximum Gasteiger partial charge on any atom is 3.00 e. The van der Waals surface area contributed by atoms with E-state index in [1.807, 2.05) is 36.4 Å². The molecule has 0 bridgehead atoms. The van der Waals surface area contributed by atoms with Crippen molar-refractivity contribution >= 4 is 46.5 Å². The smallest absolute Gasteiger partial charge is 1.00 e. The van der Waals surface area contributed by atoms with Gasteiger partial charge in [0, 0.05) is 0 Å². The second-order valence-electron chi connectivity index (χ2n) is 2.95. The first-order valence-electron chi connectivity index (χ1n) is 4.44. The first-order chi connectivity index (χ1) is 6.88. The van der Waals surface area contributed by atoms with Crippen molar-refractivity contribution < 1.29 is 37.2 Å². The molecule has 0 aliphatic carbocycles. The van der Waals surface area contributed by atoms with Crippen LogP contribution in [0.25, 0.3) is 0 Å². The molecule has 0 aliphatic heterocycles. The van der Waals surface area contributed by atoms with Gasteiger partial charge in [-0.1, -0.05) is 71.9 Å². The van der Waals surface area contributed by atoms with Gasteiger partial charge in [0.25, 0.3) is 0 Å². The maximum atomic E-state index is 6.40. The monoisotopic (exact) mass is 352 g/mol. The van der Waals surface area contributed by atoms with Crippen molar-refractivity contribution in [1.82, 2.24) is 0 Å². The van der Waals surface area contributed by atoms with E-state index in [1.54, 1.807) is 0 Å². The van der Waals surface area contributed by atoms with Crippen LogP contribution >= 0.6 is 18.5 Å². The zero-order valence-electron chi connectivity index (χ0n) is 9.31. The number of benzene rings is 2. The van der Waals surface area contributed by atoms with Gasteiger partial charge in [-0.05, 0) is 10.6 Å². The third kappa shape index (κ3) is 6.65. The predicted octanol–water partition coefficient (Wildman–Crippen LogP) is -6.10. The predicted molar refractivity (Wildman–Crippen MR) is 70.7 cm³/mol. The van der Waals surface area contributed by atoms with Gasteiger partial charge in [-0.2, -0.15) is 0 Å². The zero-order chi connectivity index (χ0) is 9.80. The fraction of sp³-hybridized carbons (Fsp3) is 0. The van der Waals surface area contributed by atoms with E-state index < -0.39 is 7.27 Å². The van der Waals surface area contributed by atoms with Crippen LogP contribution in [0.2, 0.25) is 0 Å². The molecule has 0 atom stereocenters. The van der Waals surface area contributed by atoms with E-state index >= 15 is 0 Å². The normalized spacial score (nSPS) is 8.11. The van der Waals surface area contributed by atoms with Gasteiger partial charge in [0.15, 0.2) is 0 Å². The van der Waals surface area contributed by atoms with Crippen molar-refractivity contribution in [3.05, 3.63) is 60.7 Å². The van der Waals surface area contributed by atoms with Crippen LogP contribution in [0.1, 0.15) is 0 Å². The summed E-state index contributed by atoms with van der Waals surface area (Å²) in [6, 6.07) is 20.4. The van der Waals surface area contributed by atoms with Crippen LogP contribution < -0.4 is 47.8 Å². The Morgan fingerprint density at radius 3 is 1.17 bits per heavy atom. The Hall–Kier alpha value is 0.562. The van der Waals surface area contributed by atoms with Crippen molar-refractivity contribution in [3.63, 3.8) is 0 Å². The fourth-order valence-electron chi connectivity index (χ4n) is 1.27. The van der Waals surface area contributed by atoms with Crippen LogP contribution in [-0.4, -0.2) is 17.4 Å². The minimum atomic E-state index is -0.699. The van der Waals surface area contributed by atoms with Crippen molar-refractivity contribution in [2.24, 2.45) is 0 Å². The summed E-state index contributed by atoms with van der Waals surface area (Å²) in [5.74, 6) is 0. The molecule has 2 aromatic carbocycles. The molecule has 0 heterocycles. The van der Waals surface area contributed by atoms with Gasteiger partial charge in [0.1, 0.15) is 0 Å². The molecule has 0 fully saturated rings. The summed E-state index contributed by atoms with van der Waals surface area (Å²) in [6.45, 7) is 0. The Morgan fingerprint density at radius 2 is 0.889 bits per heavy atom. The minimum Gasteiger partial charge on any atom is -1.00 e. The Morgan fingerprint density at radius 1 is 0.611 bits per heavy atom. The van der Waals surface area contributed by atoms with Crippen LogP contribution in [0.15, 0.2) is 60.7 Å². The van der Waals surface area contributed by atoms with Gasteiger partial charge < -0.3 is 37.2 Å². The van der Waals surface area contributed by atoms with Gasteiger partial charge in [-0.3, -0.25) is 0 Å². The van der Waals surface area contributed by atoms with E-state index in [0.717, 1.165) is 0 Å². The largest absolute Gasteiger partial charge is 3.00 e. The molecule has 0 N–H and O–H groups in total. The first kappa shape index (κ1) is 23.6. The van der Waals surface area contributed by atoms with Crippen LogP contribution in [0.5, 0.6) is 0 Å². The summed E-state index contributed by atoms with van der Waals surface area (Å²) in [5.41, 5.74) is 0. The molecular weight excluding hydrogens is 344 g/mol. The molecule has 0 saturated heterocycles. The van der Waals surface area contributed by atoms with Crippen LogP contribution in [0.3, 0.4) is 0 Å². The summed E-state index contributed by atoms with van der Waals surface area (Å²) in [7, 11) is -0.699. The summed E-state index contributed by atoms with van der Waals surface area (Å²) in [4.78, 5) is 0. The van der Waals surface area contributed by atoms with Crippen LogP contribution in [0.4, 0.5) is 0 Å². The maximum absolute atomic E-state index is 6.40. The van der Waals surface area contributed by atoms with E-state index in [2.05, 4.69) is 24.3 Å². The molecule has 0 aromatic heterocycles. The summed E-state index contributed by atoms with van der Waals surface area (Å²) >= 11 is 6.40. The van der Waals surface area contributed by atoms with Gasteiger partial charge in [-0.15, -0.1) is 0 Å². The molecule has 0 nitrogen and oxygen atoms in total. The van der Waals surface area contributed by atoms with E-state index in [1.165, 1.54) is 10.6 Å². The van der Waals surface area contributed by atoms with Crippen molar-refractivity contribution in [2.75, 3.05) is 0 Å². The number of hydrogen-bond acceptors (Lipinski definition) is 0. The molecule has 0 unspecified atom stereocenters. The Kier molecular flexibility index (Phi) is 16.5. The van der Waals surface area contributed by atoms with Gasteiger partial charge in [0.2, 0.25) is 0 Å². The van der Waals surface area contributed by atoms with Crippen LogP contribution in [0, 0.1) is 0 Å². The average molecular weight is 354 g/mol. The van der Waals surface area contributed by atoms with Crippen molar-refractivity contribution in [1.29, 1.82) is 0 Å². The van der Waals surface area contributed by atoms with Crippen molar-refractivity contribution in [2.45, 2.75) is 0 Å². The van der Waals surface area contributed by atoms with Crippen molar-refractivity contribution in [3.8, 4) is 0 Å². The molecule has 0 saturated carbocycles. The van der Waals surface area contributed by atoms with Gasteiger partial charge in [-0.25, -0.2) is 0 Å². The SMILES string of the molecule is ClP(c1ccccc1)c1ccccc1.[Al+3].[Cl-].[Cl-].[Cl-]. The summed E-state index contributed by atoms with van der Waals surface area (Å²) in [5, 5.41) is 2.41. The van der Waals surface area contributed by atoms with E-state index in [9.17, 15) is 0 Å². The minimum absolute atomic E-state index is 0. The van der Waals surface area contributed by atoms with Gasteiger partial charge >= 0.3 is 17.4 Å². The Bertz CT molecular complexity index is 360. The molecular formula is C12H10AlCl4P. The molecule has 0 spiro atoms. The van der Waals surface area contributed by atoms with E-state index in [4.69, 9.17) is 11.2 Å². The number of rotatable bonds is 2. The molecule has 0 radical (unpaired) electrons. The third-order valence-corrected chi connectivity index (χ3v) is 4.64. The second-order valence-corrected chi connectivity index (χ2v) is 5.56. The number of hydrogen-bond donors (Lipinski definition) is 0. The molecule has 18 heavy (non-hydrogen) atoms. The molecule has 2 aromatic rings. The summed E-state index contributed by atoms with van der Waals surface area (Å²) < 4.78 is 0. The molecule has 94 valence electrons. The topological polar surface area (TPSA) is 0 Å². The molecule has 0 amide bonds. The molecule has 0 aliphatic rings. The molecule has 2 rings (SSSR count). The Balaban J connectivity index is -0.000000562. The van der Waals surface area contributed by atoms with Gasteiger partial charge in [0.05, 0.1) is 7.27 Å². The fourth-order valence-corrected chi connectivity index (χ4v) is 3.11. The first-order valence-corrected chi connectivity index (χ1v) is 6.68. The quantitative estimate of drug-likeness (QED) is 0.372. The zero-order valence-corrected chi connectivity index (χ0v) is 14.4. The van der Waals surface area contributed by atoms with Crippen LogP contribution in [-0.2, 0) is 0 Å². The Labute approximate surface area is 143 Å². The number of halogens is 4. The average Bonchev–Trinajstić information content (AvgIpc) is 2.30. The van der Waals surface area contributed by atoms with E-state index in [0.29, 0.717) is 0 Å². The second kappa shape index (κ2) is 12.6. The summed E-state index contributed by atoms with van der Waals surface area (Å²) in [6.07, 6.45) is 0. The van der Waals surface area contributed by atoms with E-state index in [-0.39, 0.29) is 54.6 Å². The third-order valence-electron chi connectivity index (χ3n) is 1.97. The molecule has 6 heteroatoms.